The number of hydrogen-bond donors (Lipinski definition) is 14. The van der Waals surface area contributed by atoms with Crippen LogP contribution in [0.4, 0.5) is 11.4 Å². The van der Waals surface area contributed by atoms with Gasteiger partial charge in [0.1, 0.15) is 0 Å². The normalized spacial score (nSPS) is 13.2. The van der Waals surface area contributed by atoms with Crippen molar-refractivity contribution in [3.8, 4) is 0 Å². The van der Waals surface area contributed by atoms with Crippen LogP contribution in [0.3, 0.4) is 0 Å². The molecule has 2 aromatic carbocycles. The zero-order chi connectivity index (χ0) is 43.3. The topological polar surface area (TPSA) is 336 Å². The van der Waals surface area contributed by atoms with E-state index in [9.17, 15) is 59.4 Å². The number of anilines is 2. The minimum atomic E-state index is -1.81. The summed E-state index contributed by atoms with van der Waals surface area (Å²) in [5, 5.41) is 91.1. The van der Waals surface area contributed by atoms with E-state index in [4.69, 9.17) is 10.2 Å². The predicted octanol–water partition coefficient (Wildman–Crippen LogP) is -1.39. The van der Waals surface area contributed by atoms with Gasteiger partial charge in [0.15, 0.2) is 12.2 Å². The van der Waals surface area contributed by atoms with Crippen molar-refractivity contribution < 1.29 is 69.6 Å². The van der Waals surface area contributed by atoms with Crippen LogP contribution < -0.4 is 31.9 Å². The molecule has 2 aromatic rings. The number of carbonyl (C=O) groups is 6. The Bertz CT molecular complexity index is 1730. The van der Waals surface area contributed by atoms with Crippen molar-refractivity contribution in [2.45, 2.75) is 30.8 Å². The second-order valence-corrected chi connectivity index (χ2v) is 17.9. The summed E-state index contributed by atoms with van der Waals surface area (Å²) in [5.41, 5.74) is -0.227. The van der Waals surface area contributed by atoms with Gasteiger partial charge in [0, 0.05) is 33.3 Å². The molecule has 0 heterocycles. The Hall–Kier alpha value is -0.680. The molecule has 4 unspecified atom stereocenters. The number of aliphatic hydroxyl groups is 8. The highest BCUT2D eigenvalue weighted by molar-refractivity contribution is 14.1. The molecule has 316 valence electrons. The number of hydrogen-bond acceptors (Lipinski definition) is 14. The molecule has 4 atom stereocenters. The number of benzene rings is 2. The standard InChI is InChI=1S/C31H36I6N6O14/c32-18-14(20(34)24(42-26(52)12(50)8-46)22(36)16(18)30(56)40-4-10(48)6-44)28(54)38-2-1-3-39-29(55)15-19(33)17(31(57)41-5-11(49)7-45)23(37)25(21(15)35)43-27(53)13(51)9-47/h10-13,44-51H,1-9H2,(H,38,54)(H,39,55)(H,40,56)(H,41,57)(H,42,52)(H,43,53). The van der Waals surface area contributed by atoms with Crippen LogP contribution in [-0.2, 0) is 9.59 Å². The molecule has 6 amide bonds. The van der Waals surface area contributed by atoms with Gasteiger partial charge in [-0.3, -0.25) is 28.8 Å². The molecular formula is C31H36I6N6O14. The predicted molar refractivity (Wildman–Crippen MR) is 253 cm³/mol. The molecule has 0 fully saturated rings. The maximum atomic E-state index is 13.6. The second-order valence-electron chi connectivity index (χ2n) is 11.5. The largest absolute Gasteiger partial charge is 0.394 e. The molecule has 0 aromatic heterocycles. The fraction of sp³-hybridized carbons (Fsp3) is 0.419. The third kappa shape index (κ3) is 14.2. The van der Waals surface area contributed by atoms with Gasteiger partial charge in [-0.05, 0) is 142 Å². The fourth-order valence-corrected chi connectivity index (χ4v) is 13.2. The van der Waals surface area contributed by atoms with E-state index in [0.29, 0.717) is 0 Å². The Morgan fingerprint density at radius 3 is 0.982 bits per heavy atom. The van der Waals surface area contributed by atoms with Crippen molar-refractivity contribution in [3.05, 3.63) is 43.7 Å². The summed E-state index contributed by atoms with van der Waals surface area (Å²) in [6, 6.07) is 0. The second kappa shape index (κ2) is 25.3. The van der Waals surface area contributed by atoms with Gasteiger partial charge in [0.25, 0.3) is 35.4 Å². The molecule has 0 radical (unpaired) electrons. The molecule has 0 aliphatic carbocycles. The zero-order valence-electron chi connectivity index (χ0n) is 29.0. The first-order valence-electron chi connectivity index (χ1n) is 16.1. The van der Waals surface area contributed by atoms with Crippen LogP contribution in [-0.4, -0.2) is 153 Å². The minimum Gasteiger partial charge on any atom is -0.394 e. The van der Waals surface area contributed by atoms with Crippen molar-refractivity contribution in [1.29, 1.82) is 0 Å². The molecule has 0 saturated heterocycles. The van der Waals surface area contributed by atoms with Gasteiger partial charge in [-0.25, -0.2) is 0 Å². The lowest BCUT2D eigenvalue weighted by atomic mass is 10.1. The van der Waals surface area contributed by atoms with Gasteiger partial charge in [-0.15, -0.1) is 0 Å². The average molecular weight is 1480 g/mol. The molecule has 20 nitrogen and oxygen atoms in total. The van der Waals surface area contributed by atoms with E-state index in [1.165, 1.54) is 0 Å². The SMILES string of the molecule is O=C(NCCCNC(=O)c1c(I)c(NC(=O)C(O)CO)c(I)c(C(=O)NCC(O)CO)c1I)c1c(I)c(NC(=O)C(O)CO)c(I)c(C(=O)NCC(O)CO)c1I. The molecule has 26 heteroatoms. The molecule has 14 N–H and O–H groups in total. The molecule has 0 aliphatic rings. The van der Waals surface area contributed by atoms with Crippen molar-refractivity contribution in [3.63, 3.8) is 0 Å². The van der Waals surface area contributed by atoms with Gasteiger partial charge in [0.05, 0.1) is 86.5 Å². The van der Waals surface area contributed by atoms with Crippen LogP contribution >= 0.6 is 136 Å². The maximum Gasteiger partial charge on any atom is 0.255 e. The molecule has 57 heavy (non-hydrogen) atoms. The Kier molecular flexibility index (Phi) is 23.3. The van der Waals surface area contributed by atoms with Crippen LogP contribution in [0.1, 0.15) is 47.9 Å². The van der Waals surface area contributed by atoms with Crippen LogP contribution in [0, 0.1) is 21.4 Å². The van der Waals surface area contributed by atoms with E-state index in [1.807, 2.05) is 0 Å². The highest BCUT2D eigenvalue weighted by atomic mass is 127. The number of halogens is 6. The summed E-state index contributed by atoms with van der Waals surface area (Å²) < 4.78 is 1.02. The molecular weight excluding hydrogens is 1440 g/mol. The average Bonchev–Trinajstić information content (AvgIpc) is 3.17. The third-order valence-electron chi connectivity index (χ3n) is 7.33. The van der Waals surface area contributed by atoms with Crippen LogP contribution in [0.5, 0.6) is 0 Å². The summed E-state index contributed by atoms with van der Waals surface area (Å²) in [6.07, 6.45) is -6.04. The molecule has 0 aliphatic heterocycles. The summed E-state index contributed by atoms with van der Waals surface area (Å²) in [7, 11) is 0. The molecule has 2 rings (SSSR count). The van der Waals surface area contributed by atoms with Crippen molar-refractivity contribution >= 4 is 182 Å². The number of rotatable bonds is 20. The van der Waals surface area contributed by atoms with E-state index in [1.54, 1.807) is 136 Å². The first-order chi connectivity index (χ1) is 26.8. The minimum absolute atomic E-state index is 0.0137. The van der Waals surface area contributed by atoms with Crippen LogP contribution in [0.2, 0.25) is 0 Å². The first-order valence-corrected chi connectivity index (χ1v) is 22.6. The summed E-state index contributed by atoms with van der Waals surface area (Å²) in [4.78, 5) is 78.8. The van der Waals surface area contributed by atoms with Crippen molar-refractivity contribution in [2.75, 3.05) is 63.2 Å². The van der Waals surface area contributed by atoms with E-state index in [2.05, 4.69) is 31.9 Å². The van der Waals surface area contributed by atoms with E-state index in [-0.39, 0.29) is 87.6 Å². The smallest absolute Gasteiger partial charge is 0.255 e. The zero-order valence-corrected chi connectivity index (χ0v) is 41.9. The highest BCUT2D eigenvalue weighted by Gasteiger charge is 2.31. The number of amides is 6. The van der Waals surface area contributed by atoms with E-state index >= 15 is 0 Å². The Labute approximate surface area is 406 Å². The highest BCUT2D eigenvalue weighted by Crippen LogP contribution is 2.37. The van der Waals surface area contributed by atoms with Crippen molar-refractivity contribution in [2.24, 2.45) is 0 Å². The van der Waals surface area contributed by atoms with E-state index < -0.39 is 86.3 Å². The van der Waals surface area contributed by atoms with Gasteiger partial charge in [-0.2, -0.15) is 0 Å². The fourth-order valence-electron chi connectivity index (χ4n) is 4.32. The lowest BCUT2D eigenvalue weighted by Crippen LogP contribution is -2.37. The number of aliphatic hydroxyl groups excluding tert-OH is 8. The monoisotopic (exact) mass is 1480 g/mol. The quantitative estimate of drug-likeness (QED) is 0.0537. The summed E-state index contributed by atoms with van der Waals surface area (Å²) in [5.74, 6) is -4.91. The van der Waals surface area contributed by atoms with E-state index in [0.717, 1.165) is 0 Å². The Balaban J connectivity index is 2.38. The maximum absolute atomic E-state index is 13.6. The number of carbonyl (C=O) groups excluding carboxylic acids is 6. The lowest BCUT2D eigenvalue weighted by molar-refractivity contribution is -0.126. The molecule has 0 bridgehead atoms. The lowest BCUT2D eigenvalue weighted by Gasteiger charge is -2.21. The first kappa shape index (κ1) is 52.5. The molecule has 0 saturated carbocycles. The van der Waals surface area contributed by atoms with Gasteiger partial charge >= 0.3 is 0 Å². The van der Waals surface area contributed by atoms with Crippen LogP contribution in [0.15, 0.2) is 0 Å². The van der Waals surface area contributed by atoms with Gasteiger partial charge in [0.2, 0.25) is 0 Å². The summed E-state index contributed by atoms with van der Waals surface area (Å²) >= 11 is 10.6. The Morgan fingerprint density at radius 1 is 0.439 bits per heavy atom. The van der Waals surface area contributed by atoms with Gasteiger partial charge in [-0.1, -0.05) is 0 Å². The Morgan fingerprint density at radius 2 is 0.719 bits per heavy atom. The third-order valence-corrected chi connectivity index (χ3v) is 13.8. The van der Waals surface area contributed by atoms with Gasteiger partial charge < -0.3 is 72.8 Å². The number of nitrogens with one attached hydrogen (secondary N) is 6. The summed E-state index contributed by atoms with van der Waals surface area (Å²) in [6.45, 7) is -3.81. The molecule has 0 spiro atoms. The van der Waals surface area contributed by atoms with Crippen molar-refractivity contribution in [1.82, 2.24) is 21.3 Å². The van der Waals surface area contributed by atoms with Crippen LogP contribution in [0.25, 0.3) is 0 Å².